The van der Waals surface area contributed by atoms with Gasteiger partial charge in [-0.1, -0.05) is 36.4 Å². The number of amides is 1. The molecule has 1 amide bonds. The summed E-state index contributed by atoms with van der Waals surface area (Å²) in [7, 11) is -3.89. The maximum atomic E-state index is 13.4. The van der Waals surface area contributed by atoms with Crippen molar-refractivity contribution in [3.63, 3.8) is 0 Å². The molecule has 4 rings (SSSR count). The quantitative estimate of drug-likeness (QED) is 0.535. The lowest BCUT2D eigenvalue weighted by Gasteiger charge is -2.24. The van der Waals surface area contributed by atoms with Crippen LogP contribution >= 0.6 is 0 Å². The molecule has 1 atom stereocenters. The number of hydrogen-bond donors (Lipinski definition) is 1. The SMILES string of the molecule is Cc1cccc(NC(=O)COC(=O)c2cccc(S(=O)(=O)N3c4ccccc4CC3C)c2)c1C. The molecule has 1 N–H and O–H groups in total. The summed E-state index contributed by atoms with van der Waals surface area (Å²) in [6, 6.07) is 18.4. The van der Waals surface area contributed by atoms with E-state index in [0.717, 1.165) is 16.7 Å². The molecule has 0 spiro atoms. The molecule has 8 heteroatoms. The number of hydrogen-bond acceptors (Lipinski definition) is 5. The highest BCUT2D eigenvalue weighted by atomic mass is 32.2. The predicted octanol–water partition coefficient (Wildman–Crippen LogP) is 4.24. The first-order valence-corrected chi connectivity index (χ1v) is 12.4. The molecule has 3 aromatic rings. The Hall–Kier alpha value is -3.65. The van der Waals surface area contributed by atoms with Crippen molar-refractivity contribution in [3.8, 4) is 0 Å². The largest absolute Gasteiger partial charge is 0.452 e. The highest BCUT2D eigenvalue weighted by Crippen LogP contribution is 2.36. The van der Waals surface area contributed by atoms with Crippen molar-refractivity contribution in [3.05, 3.63) is 89.0 Å². The molecular weight excluding hydrogens is 452 g/mol. The number of rotatable bonds is 6. The maximum Gasteiger partial charge on any atom is 0.338 e. The van der Waals surface area contributed by atoms with E-state index in [0.29, 0.717) is 17.8 Å². The number of ether oxygens (including phenoxy) is 1. The molecule has 0 radical (unpaired) electrons. The molecule has 1 aliphatic rings. The molecule has 0 bridgehead atoms. The first-order chi connectivity index (χ1) is 16.2. The maximum absolute atomic E-state index is 13.4. The number of anilines is 2. The van der Waals surface area contributed by atoms with Gasteiger partial charge in [0, 0.05) is 11.7 Å². The normalized spacial score (nSPS) is 15.0. The Morgan fingerprint density at radius 1 is 1.03 bits per heavy atom. The molecule has 0 saturated heterocycles. The van der Waals surface area contributed by atoms with Crippen molar-refractivity contribution in [1.29, 1.82) is 0 Å². The summed E-state index contributed by atoms with van der Waals surface area (Å²) in [5.41, 5.74) is 4.27. The zero-order valence-corrected chi connectivity index (χ0v) is 20.1. The number of nitrogens with one attached hydrogen (secondary N) is 1. The third kappa shape index (κ3) is 4.54. The molecule has 1 aliphatic heterocycles. The number of para-hydroxylation sites is 1. The number of fused-ring (bicyclic) bond motifs is 1. The molecular formula is C26H26N2O5S. The fourth-order valence-corrected chi connectivity index (χ4v) is 5.83. The van der Waals surface area contributed by atoms with E-state index >= 15 is 0 Å². The van der Waals surface area contributed by atoms with Gasteiger partial charge in [-0.3, -0.25) is 9.10 Å². The molecule has 7 nitrogen and oxygen atoms in total. The Morgan fingerprint density at radius 3 is 2.56 bits per heavy atom. The lowest BCUT2D eigenvalue weighted by molar-refractivity contribution is -0.119. The van der Waals surface area contributed by atoms with Crippen LogP contribution in [-0.4, -0.2) is 32.9 Å². The Labute approximate surface area is 199 Å². The Kier molecular flexibility index (Phi) is 6.43. The van der Waals surface area contributed by atoms with E-state index in [4.69, 9.17) is 4.74 Å². The van der Waals surface area contributed by atoms with Crippen LogP contribution < -0.4 is 9.62 Å². The van der Waals surface area contributed by atoms with E-state index in [9.17, 15) is 18.0 Å². The van der Waals surface area contributed by atoms with Gasteiger partial charge in [-0.2, -0.15) is 0 Å². The summed E-state index contributed by atoms with van der Waals surface area (Å²) >= 11 is 0. The molecule has 0 aliphatic carbocycles. The second kappa shape index (κ2) is 9.30. The minimum absolute atomic E-state index is 0.00894. The minimum Gasteiger partial charge on any atom is -0.452 e. The molecule has 0 aromatic heterocycles. The summed E-state index contributed by atoms with van der Waals surface area (Å²) in [4.78, 5) is 24.8. The van der Waals surface area contributed by atoms with Crippen molar-refractivity contribution >= 4 is 33.3 Å². The van der Waals surface area contributed by atoms with Crippen LogP contribution in [0.5, 0.6) is 0 Å². The number of nitrogens with zero attached hydrogens (tertiary/aromatic N) is 1. The molecule has 1 heterocycles. The molecule has 176 valence electrons. The summed E-state index contributed by atoms with van der Waals surface area (Å²) in [5.74, 6) is -1.25. The summed E-state index contributed by atoms with van der Waals surface area (Å²) < 4.78 is 33.4. The van der Waals surface area contributed by atoms with Crippen LogP contribution in [0.1, 0.15) is 34.0 Å². The van der Waals surface area contributed by atoms with Gasteiger partial charge in [0.25, 0.3) is 15.9 Å². The number of esters is 1. The van der Waals surface area contributed by atoms with Crippen LogP contribution in [0.15, 0.2) is 71.6 Å². The molecule has 3 aromatic carbocycles. The summed E-state index contributed by atoms with van der Waals surface area (Å²) in [6.07, 6.45) is 0.618. The fraction of sp³-hybridized carbons (Fsp3) is 0.231. The van der Waals surface area contributed by atoms with Gasteiger partial charge in [-0.05, 0) is 74.2 Å². The fourth-order valence-electron chi connectivity index (χ4n) is 4.09. The smallest absolute Gasteiger partial charge is 0.338 e. The molecule has 0 fully saturated rings. The molecule has 0 saturated carbocycles. The topological polar surface area (TPSA) is 92.8 Å². The lowest BCUT2D eigenvalue weighted by Crippen LogP contribution is -2.35. The van der Waals surface area contributed by atoms with E-state index in [2.05, 4.69) is 5.32 Å². The van der Waals surface area contributed by atoms with Crippen LogP contribution in [0.4, 0.5) is 11.4 Å². The van der Waals surface area contributed by atoms with Crippen molar-refractivity contribution in [1.82, 2.24) is 0 Å². The van der Waals surface area contributed by atoms with Crippen molar-refractivity contribution in [2.24, 2.45) is 0 Å². The number of benzene rings is 3. The third-order valence-electron chi connectivity index (χ3n) is 5.98. The lowest BCUT2D eigenvalue weighted by atomic mass is 10.1. The van der Waals surface area contributed by atoms with Gasteiger partial charge < -0.3 is 10.1 Å². The van der Waals surface area contributed by atoms with Crippen LogP contribution in [0, 0.1) is 13.8 Å². The second-order valence-corrected chi connectivity index (χ2v) is 10.2. The number of aryl methyl sites for hydroxylation is 1. The van der Waals surface area contributed by atoms with Gasteiger partial charge in [0.05, 0.1) is 16.1 Å². The number of carbonyl (C=O) groups is 2. The standard InChI is InChI=1S/C26H26N2O5S/c1-17-8-6-12-23(19(17)3)27-25(29)16-33-26(30)21-10-7-11-22(15-21)34(31,32)28-18(2)14-20-9-4-5-13-24(20)28/h4-13,15,18H,14,16H2,1-3H3,(H,27,29). The van der Waals surface area contributed by atoms with Gasteiger partial charge in [0.2, 0.25) is 0 Å². The van der Waals surface area contributed by atoms with E-state index in [1.165, 1.54) is 28.6 Å². The second-order valence-electron chi connectivity index (χ2n) is 8.38. The third-order valence-corrected chi connectivity index (χ3v) is 7.91. The number of sulfonamides is 1. The van der Waals surface area contributed by atoms with Gasteiger partial charge in [0.15, 0.2) is 6.61 Å². The highest BCUT2D eigenvalue weighted by molar-refractivity contribution is 7.92. The first-order valence-electron chi connectivity index (χ1n) is 10.9. The van der Waals surface area contributed by atoms with E-state index in [1.807, 2.05) is 45.0 Å². The summed E-state index contributed by atoms with van der Waals surface area (Å²) in [6.45, 7) is 5.19. The van der Waals surface area contributed by atoms with Crippen molar-refractivity contribution in [2.45, 2.75) is 38.1 Å². The van der Waals surface area contributed by atoms with Gasteiger partial charge in [0.1, 0.15) is 0 Å². The Morgan fingerprint density at radius 2 is 1.76 bits per heavy atom. The van der Waals surface area contributed by atoms with E-state index in [1.54, 1.807) is 18.2 Å². The minimum atomic E-state index is -3.89. The zero-order chi connectivity index (χ0) is 24.5. The van der Waals surface area contributed by atoms with Crippen LogP contribution in [0.2, 0.25) is 0 Å². The van der Waals surface area contributed by atoms with Crippen molar-refractivity contribution < 1.29 is 22.7 Å². The van der Waals surface area contributed by atoms with Crippen molar-refractivity contribution in [2.75, 3.05) is 16.2 Å². The van der Waals surface area contributed by atoms with E-state index < -0.39 is 28.5 Å². The zero-order valence-electron chi connectivity index (χ0n) is 19.2. The average molecular weight is 479 g/mol. The van der Waals surface area contributed by atoms with E-state index in [-0.39, 0.29) is 16.5 Å². The van der Waals surface area contributed by atoms with Crippen LogP contribution in [0.25, 0.3) is 0 Å². The van der Waals surface area contributed by atoms with Crippen LogP contribution in [0.3, 0.4) is 0 Å². The molecule has 1 unspecified atom stereocenters. The predicted molar refractivity (Wildman–Crippen MR) is 131 cm³/mol. The molecule has 34 heavy (non-hydrogen) atoms. The number of carbonyl (C=O) groups excluding carboxylic acids is 2. The van der Waals surface area contributed by atoms with Crippen LogP contribution in [-0.2, 0) is 26.0 Å². The average Bonchev–Trinajstić information content (AvgIpc) is 3.17. The Balaban J connectivity index is 1.47. The van der Waals surface area contributed by atoms with Gasteiger partial charge >= 0.3 is 5.97 Å². The van der Waals surface area contributed by atoms with Gasteiger partial charge in [-0.25, -0.2) is 13.2 Å². The highest BCUT2D eigenvalue weighted by Gasteiger charge is 2.36. The summed E-state index contributed by atoms with van der Waals surface area (Å²) in [5, 5.41) is 2.73. The van der Waals surface area contributed by atoms with Gasteiger partial charge in [-0.15, -0.1) is 0 Å². The Bertz CT molecular complexity index is 1370. The first kappa shape index (κ1) is 23.5. The monoisotopic (exact) mass is 478 g/mol.